The molecule has 1 aromatic carbocycles. The Balaban J connectivity index is 2.21. The monoisotopic (exact) mass is 346 g/mol. The Labute approximate surface area is 147 Å². The fraction of sp³-hybridized carbons (Fsp3) is 0.550. The maximum atomic E-state index is 11.8. The molecule has 3 N–H and O–H groups in total. The Kier molecular flexibility index (Phi) is 4.31. The van der Waals surface area contributed by atoms with Crippen molar-refractivity contribution < 1.29 is 24.9 Å². The van der Waals surface area contributed by atoms with Gasteiger partial charge in [-0.1, -0.05) is 25.5 Å². The van der Waals surface area contributed by atoms with Crippen LogP contribution in [0.1, 0.15) is 67.4 Å². The maximum absolute atomic E-state index is 11.8. The molecule has 5 nitrogen and oxygen atoms in total. The number of aliphatic hydroxyl groups is 1. The molecule has 25 heavy (non-hydrogen) atoms. The van der Waals surface area contributed by atoms with E-state index in [1.165, 1.54) is 0 Å². The molecule has 1 saturated carbocycles. The zero-order chi connectivity index (χ0) is 18.5. The lowest BCUT2D eigenvalue weighted by Gasteiger charge is -2.42. The van der Waals surface area contributed by atoms with Crippen LogP contribution in [0.5, 0.6) is 11.5 Å². The van der Waals surface area contributed by atoms with Gasteiger partial charge >= 0.3 is 5.97 Å². The van der Waals surface area contributed by atoms with E-state index in [0.717, 1.165) is 18.4 Å². The molecule has 0 amide bonds. The van der Waals surface area contributed by atoms with E-state index in [1.54, 1.807) is 13.0 Å². The first-order valence-corrected chi connectivity index (χ1v) is 8.85. The number of aromatic hydroxyl groups is 1. The molecule has 1 aliphatic heterocycles. The molecule has 2 aliphatic rings. The van der Waals surface area contributed by atoms with Crippen molar-refractivity contribution in [1.29, 1.82) is 0 Å². The number of carbonyl (C=O) groups is 1. The summed E-state index contributed by atoms with van der Waals surface area (Å²) in [6, 6.07) is 1.73. The maximum Gasteiger partial charge on any atom is 0.339 e. The minimum Gasteiger partial charge on any atom is -0.507 e. The molecule has 0 saturated heterocycles. The second-order valence-corrected chi connectivity index (χ2v) is 7.64. The summed E-state index contributed by atoms with van der Waals surface area (Å²) in [5, 5.41) is 31.2. The third-order valence-electron chi connectivity index (χ3n) is 5.67. The molecule has 0 unspecified atom stereocenters. The minimum atomic E-state index is -1.14. The standard InChI is InChI=1S/C20H26O5/c1-5-6-11-9-13-16(17(21)14(11)19(22)23)15-12(10(2)3)7-8-20(4,24)18(15)25-13/h9,12,15,18,21,24H,2,5-8H2,1,3-4H3,(H,22,23)/t12-,15+,18-,20-/m0/s1. The summed E-state index contributed by atoms with van der Waals surface area (Å²) in [6.07, 6.45) is 2.10. The van der Waals surface area contributed by atoms with Crippen LogP contribution in [-0.4, -0.2) is 33.0 Å². The van der Waals surface area contributed by atoms with Crippen molar-refractivity contribution in [2.75, 3.05) is 0 Å². The molecule has 1 heterocycles. The van der Waals surface area contributed by atoms with Crippen LogP contribution in [0.25, 0.3) is 0 Å². The van der Waals surface area contributed by atoms with E-state index in [2.05, 4.69) is 6.58 Å². The van der Waals surface area contributed by atoms with Crippen LogP contribution in [0.2, 0.25) is 0 Å². The first kappa shape index (κ1) is 17.8. The second kappa shape index (κ2) is 6.06. The van der Waals surface area contributed by atoms with Crippen molar-refractivity contribution in [2.45, 2.75) is 64.1 Å². The first-order chi connectivity index (χ1) is 11.7. The van der Waals surface area contributed by atoms with Crippen molar-refractivity contribution in [1.82, 2.24) is 0 Å². The van der Waals surface area contributed by atoms with Gasteiger partial charge in [-0.3, -0.25) is 0 Å². The molecule has 1 aromatic rings. The van der Waals surface area contributed by atoms with Crippen LogP contribution in [-0.2, 0) is 6.42 Å². The van der Waals surface area contributed by atoms with Gasteiger partial charge in [0.1, 0.15) is 23.2 Å². The summed E-state index contributed by atoms with van der Waals surface area (Å²) in [6.45, 7) is 9.69. The molecule has 136 valence electrons. The summed E-state index contributed by atoms with van der Waals surface area (Å²) in [4.78, 5) is 11.8. The fourth-order valence-electron chi connectivity index (χ4n) is 4.45. The van der Waals surface area contributed by atoms with E-state index in [-0.39, 0.29) is 23.1 Å². The van der Waals surface area contributed by atoms with Crippen LogP contribution < -0.4 is 4.74 Å². The molecule has 0 bridgehead atoms. The number of benzene rings is 1. The van der Waals surface area contributed by atoms with E-state index >= 15 is 0 Å². The van der Waals surface area contributed by atoms with E-state index < -0.39 is 17.7 Å². The topological polar surface area (TPSA) is 87.0 Å². The molecule has 1 aliphatic carbocycles. The Bertz CT molecular complexity index is 734. The SMILES string of the molecule is C=C(C)[C@@H]1CC[C@](C)(O)[C@H]2Oc3cc(CCC)c(C(=O)O)c(O)c3[C@@H]12. The number of hydrogen-bond acceptors (Lipinski definition) is 4. The number of carboxylic acid groups (broad SMARTS) is 1. The van der Waals surface area contributed by atoms with Crippen LogP contribution >= 0.6 is 0 Å². The summed E-state index contributed by atoms with van der Waals surface area (Å²) in [7, 11) is 0. The van der Waals surface area contributed by atoms with Crippen LogP contribution in [0.4, 0.5) is 0 Å². The average Bonchev–Trinajstić information content (AvgIpc) is 2.88. The molecule has 0 spiro atoms. The number of rotatable bonds is 4. The highest BCUT2D eigenvalue weighted by atomic mass is 16.5. The third kappa shape index (κ3) is 2.71. The number of hydrogen-bond donors (Lipinski definition) is 3. The highest BCUT2D eigenvalue weighted by molar-refractivity contribution is 5.94. The van der Waals surface area contributed by atoms with Gasteiger partial charge in [0.15, 0.2) is 0 Å². The van der Waals surface area contributed by atoms with E-state index in [0.29, 0.717) is 29.7 Å². The number of ether oxygens (including phenoxy) is 1. The lowest BCUT2D eigenvalue weighted by Crippen LogP contribution is -2.50. The predicted octanol–water partition coefficient (Wildman–Crippen LogP) is 3.62. The molecule has 5 heteroatoms. The van der Waals surface area contributed by atoms with Gasteiger partial charge in [-0.2, -0.15) is 0 Å². The second-order valence-electron chi connectivity index (χ2n) is 7.64. The molecule has 1 fully saturated rings. The van der Waals surface area contributed by atoms with E-state index in [1.807, 2.05) is 13.8 Å². The molecule has 4 atom stereocenters. The lowest BCUT2D eigenvalue weighted by molar-refractivity contribution is -0.0824. The average molecular weight is 346 g/mol. The van der Waals surface area contributed by atoms with Crippen LogP contribution in [0.15, 0.2) is 18.2 Å². The van der Waals surface area contributed by atoms with Crippen molar-refractivity contribution in [2.24, 2.45) is 5.92 Å². The Hall–Kier alpha value is -2.01. The van der Waals surface area contributed by atoms with Crippen LogP contribution in [0, 0.1) is 5.92 Å². The molecule has 3 rings (SSSR count). The van der Waals surface area contributed by atoms with Crippen molar-refractivity contribution in [3.8, 4) is 11.5 Å². The number of phenols is 1. The summed E-state index contributed by atoms with van der Waals surface area (Å²) >= 11 is 0. The van der Waals surface area contributed by atoms with Gasteiger partial charge in [0, 0.05) is 11.5 Å². The van der Waals surface area contributed by atoms with Gasteiger partial charge in [0.05, 0.1) is 5.60 Å². The number of carboxylic acids is 1. The van der Waals surface area contributed by atoms with Gasteiger partial charge in [-0.15, -0.1) is 0 Å². The fourth-order valence-corrected chi connectivity index (χ4v) is 4.45. The van der Waals surface area contributed by atoms with Gasteiger partial charge in [0.25, 0.3) is 0 Å². The number of aromatic carboxylic acids is 1. The minimum absolute atomic E-state index is 0.0380. The number of allylic oxidation sites excluding steroid dienone is 1. The highest BCUT2D eigenvalue weighted by Crippen LogP contribution is 2.57. The number of fused-ring (bicyclic) bond motifs is 3. The van der Waals surface area contributed by atoms with E-state index in [4.69, 9.17) is 4.74 Å². The molecular formula is C20H26O5. The van der Waals surface area contributed by atoms with Crippen molar-refractivity contribution in [3.05, 3.63) is 34.9 Å². The highest BCUT2D eigenvalue weighted by Gasteiger charge is 2.54. The van der Waals surface area contributed by atoms with Gasteiger partial charge < -0.3 is 20.1 Å². The summed E-state index contributed by atoms with van der Waals surface area (Å²) in [5.74, 6) is -1.11. The summed E-state index contributed by atoms with van der Waals surface area (Å²) in [5.41, 5.74) is 0.953. The lowest BCUT2D eigenvalue weighted by atomic mass is 9.66. The molecule has 0 radical (unpaired) electrons. The Morgan fingerprint density at radius 2 is 2.16 bits per heavy atom. The molecule has 0 aromatic heterocycles. The predicted molar refractivity (Wildman–Crippen MR) is 94.4 cm³/mol. The third-order valence-corrected chi connectivity index (χ3v) is 5.67. The normalized spacial score (nSPS) is 30.3. The van der Waals surface area contributed by atoms with Gasteiger partial charge in [-0.25, -0.2) is 4.79 Å². The quantitative estimate of drug-likeness (QED) is 0.725. The van der Waals surface area contributed by atoms with Crippen molar-refractivity contribution >= 4 is 5.97 Å². The first-order valence-electron chi connectivity index (χ1n) is 8.85. The summed E-state index contributed by atoms with van der Waals surface area (Å²) < 4.78 is 6.07. The van der Waals surface area contributed by atoms with E-state index in [9.17, 15) is 20.1 Å². The zero-order valence-corrected chi connectivity index (χ0v) is 15.0. The Morgan fingerprint density at radius 1 is 1.48 bits per heavy atom. The zero-order valence-electron chi connectivity index (χ0n) is 15.0. The smallest absolute Gasteiger partial charge is 0.339 e. The number of aryl methyl sites for hydroxylation is 1. The van der Waals surface area contributed by atoms with Crippen LogP contribution in [0.3, 0.4) is 0 Å². The molecular weight excluding hydrogens is 320 g/mol. The Morgan fingerprint density at radius 3 is 2.72 bits per heavy atom. The van der Waals surface area contributed by atoms with Gasteiger partial charge in [0.2, 0.25) is 0 Å². The van der Waals surface area contributed by atoms with Gasteiger partial charge in [-0.05, 0) is 50.7 Å². The van der Waals surface area contributed by atoms with Crippen molar-refractivity contribution in [3.63, 3.8) is 0 Å². The largest absolute Gasteiger partial charge is 0.507 e.